The molecule has 10 nitrogen and oxygen atoms in total. The smallest absolute Gasteiger partial charge is 0.368 e. The van der Waals surface area contributed by atoms with E-state index >= 15 is 0 Å². The highest BCUT2D eigenvalue weighted by Gasteiger charge is 2.13. The molecule has 0 spiro atoms. The van der Waals surface area contributed by atoms with E-state index in [2.05, 4.69) is 15.4 Å². The SMILES string of the molecule is Cn1nnn(-c2ccccc2COc2nc(-c3ccc([N+](=O)[O-])cc3)cs2)c1=O. The van der Waals surface area contributed by atoms with Crippen LogP contribution in [0, 0.1) is 10.1 Å². The van der Waals surface area contributed by atoms with Crippen molar-refractivity contribution < 1.29 is 9.66 Å². The van der Waals surface area contributed by atoms with Crippen LogP contribution in [0.2, 0.25) is 0 Å². The zero-order valence-electron chi connectivity index (χ0n) is 15.1. The molecule has 4 aromatic rings. The molecule has 0 radical (unpaired) electrons. The summed E-state index contributed by atoms with van der Waals surface area (Å²) in [4.78, 5) is 26.9. The summed E-state index contributed by atoms with van der Waals surface area (Å²) in [6.45, 7) is 0.187. The van der Waals surface area contributed by atoms with Crippen molar-refractivity contribution >= 4 is 17.0 Å². The van der Waals surface area contributed by atoms with Gasteiger partial charge in [0.15, 0.2) is 0 Å². The highest BCUT2D eigenvalue weighted by Crippen LogP contribution is 2.28. The summed E-state index contributed by atoms with van der Waals surface area (Å²) < 4.78 is 8.15. The second-order valence-electron chi connectivity index (χ2n) is 6.02. The van der Waals surface area contributed by atoms with E-state index < -0.39 is 4.92 Å². The molecular formula is C18H14N6O4S. The van der Waals surface area contributed by atoms with Crippen molar-refractivity contribution in [2.45, 2.75) is 6.61 Å². The standard InChI is InChI=1S/C18H14N6O4S/c1-22-18(25)23(21-20-22)16-5-3-2-4-13(16)10-28-17-19-15(11-29-17)12-6-8-14(9-7-12)24(26)27/h2-9,11H,10H2,1H3. The minimum Gasteiger partial charge on any atom is -0.465 e. The number of tetrazole rings is 1. The number of hydrogen-bond acceptors (Lipinski definition) is 8. The van der Waals surface area contributed by atoms with Gasteiger partial charge in [0.1, 0.15) is 6.61 Å². The van der Waals surface area contributed by atoms with Crippen LogP contribution >= 0.6 is 11.3 Å². The van der Waals surface area contributed by atoms with Crippen LogP contribution in [0.1, 0.15) is 5.56 Å². The highest BCUT2D eigenvalue weighted by molar-refractivity contribution is 7.11. The monoisotopic (exact) mass is 410 g/mol. The van der Waals surface area contributed by atoms with Crippen molar-refractivity contribution in [3.05, 3.63) is 80.1 Å². The molecule has 0 aliphatic heterocycles. The lowest BCUT2D eigenvalue weighted by Gasteiger charge is -2.08. The van der Waals surface area contributed by atoms with Gasteiger partial charge < -0.3 is 4.74 Å². The molecule has 0 amide bonds. The molecule has 0 fully saturated rings. The highest BCUT2D eigenvalue weighted by atomic mass is 32.1. The molecule has 0 aliphatic rings. The van der Waals surface area contributed by atoms with E-state index in [9.17, 15) is 14.9 Å². The van der Waals surface area contributed by atoms with E-state index in [1.54, 1.807) is 24.3 Å². The first-order chi connectivity index (χ1) is 14.0. The number of nitro benzene ring substituents is 1. The number of hydrogen-bond donors (Lipinski definition) is 0. The molecule has 2 aromatic carbocycles. The summed E-state index contributed by atoms with van der Waals surface area (Å²) in [5.74, 6) is 0. The quantitative estimate of drug-likeness (QED) is 0.354. The summed E-state index contributed by atoms with van der Waals surface area (Å²) in [6, 6.07) is 13.4. The van der Waals surface area contributed by atoms with Gasteiger partial charge in [-0.3, -0.25) is 10.1 Å². The Morgan fingerprint density at radius 3 is 2.59 bits per heavy atom. The van der Waals surface area contributed by atoms with E-state index in [4.69, 9.17) is 4.74 Å². The van der Waals surface area contributed by atoms with Gasteiger partial charge in [0, 0.05) is 35.7 Å². The van der Waals surface area contributed by atoms with Gasteiger partial charge in [-0.15, -0.1) is 0 Å². The van der Waals surface area contributed by atoms with Gasteiger partial charge >= 0.3 is 5.69 Å². The molecular weight excluding hydrogens is 396 g/mol. The number of nitro groups is 1. The molecule has 29 heavy (non-hydrogen) atoms. The fraction of sp³-hybridized carbons (Fsp3) is 0.111. The molecule has 0 unspecified atom stereocenters. The minimum atomic E-state index is -0.445. The van der Waals surface area contributed by atoms with E-state index in [0.29, 0.717) is 16.6 Å². The van der Waals surface area contributed by atoms with Crippen LogP contribution in [0.4, 0.5) is 5.69 Å². The lowest BCUT2D eigenvalue weighted by atomic mass is 10.1. The third-order valence-electron chi connectivity index (χ3n) is 4.15. The molecule has 0 bridgehead atoms. The summed E-state index contributed by atoms with van der Waals surface area (Å²) in [7, 11) is 1.53. The molecule has 146 valence electrons. The van der Waals surface area contributed by atoms with Gasteiger partial charge in [-0.05, 0) is 28.6 Å². The topological polar surface area (TPSA) is 118 Å². The number of thiazole rings is 1. The maximum atomic E-state index is 12.1. The van der Waals surface area contributed by atoms with E-state index in [1.807, 2.05) is 17.5 Å². The largest absolute Gasteiger partial charge is 0.465 e. The van der Waals surface area contributed by atoms with E-state index in [0.717, 1.165) is 15.8 Å². The molecule has 0 N–H and O–H groups in total. The number of para-hydroxylation sites is 1. The molecule has 0 atom stereocenters. The zero-order valence-corrected chi connectivity index (χ0v) is 15.9. The number of non-ortho nitro benzene ring substituents is 1. The van der Waals surface area contributed by atoms with Gasteiger partial charge in [-0.2, -0.15) is 9.36 Å². The molecule has 2 heterocycles. The molecule has 0 aliphatic carbocycles. The number of nitrogens with zero attached hydrogens (tertiary/aromatic N) is 6. The van der Waals surface area contributed by atoms with Crippen molar-refractivity contribution in [1.29, 1.82) is 0 Å². The Kier molecular flexibility index (Phi) is 4.87. The third-order valence-corrected chi connectivity index (χ3v) is 4.90. The Balaban J connectivity index is 1.52. The Morgan fingerprint density at radius 1 is 1.14 bits per heavy atom. The van der Waals surface area contributed by atoms with E-state index in [1.165, 1.54) is 35.2 Å². The lowest BCUT2D eigenvalue weighted by Crippen LogP contribution is -2.23. The van der Waals surface area contributed by atoms with Crippen molar-refractivity contribution in [3.8, 4) is 22.1 Å². The number of aromatic nitrogens is 5. The van der Waals surface area contributed by atoms with Crippen molar-refractivity contribution in [2.75, 3.05) is 0 Å². The first kappa shape index (κ1) is 18.5. The fourth-order valence-corrected chi connectivity index (χ4v) is 3.33. The van der Waals surface area contributed by atoms with Gasteiger partial charge in [-0.25, -0.2) is 9.78 Å². The molecule has 0 saturated heterocycles. The van der Waals surface area contributed by atoms with Crippen LogP contribution < -0.4 is 10.4 Å². The summed E-state index contributed by atoms with van der Waals surface area (Å²) in [6.07, 6.45) is 0. The number of rotatable bonds is 6. The Bertz CT molecular complexity index is 1230. The zero-order chi connectivity index (χ0) is 20.4. The molecule has 2 aromatic heterocycles. The molecule has 4 rings (SSSR count). The van der Waals surface area contributed by atoms with Gasteiger partial charge in [0.05, 0.1) is 16.3 Å². The summed E-state index contributed by atoms with van der Waals surface area (Å²) in [5, 5.41) is 20.6. The first-order valence-corrected chi connectivity index (χ1v) is 9.31. The minimum absolute atomic E-state index is 0.0244. The summed E-state index contributed by atoms with van der Waals surface area (Å²) >= 11 is 1.32. The maximum absolute atomic E-state index is 12.1. The number of aryl methyl sites for hydroxylation is 1. The maximum Gasteiger partial charge on any atom is 0.368 e. The average molecular weight is 410 g/mol. The number of benzene rings is 2. The predicted octanol–water partition coefficient (Wildman–Crippen LogP) is 2.58. The van der Waals surface area contributed by atoms with Crippen LogP contribution in [0.5, 0.6) is 5.19 Å². The van der Waals surface area contributed by atoms with E-state index in [-0.39, 0.29) is 18.0 Å². The predicted molar refractivity (Wildman–Crippen MR) is 105 cm³/mol. The second-order valence-corrected chi connectivity index (χ2v) is 6.84. The Labute approximate surface area is 167 Å². The van der Waals surface area contributed by atoms with Crippen LogP contribution in [-0.4, -0.2) is 29.7 Å². The van der Waals surface area contributed by atoms with Crippen LogP contribution in [-0.2, 0) is 13.7 Å². The van der Waals surface area contributed by atoms with Crippen LogP contribution in [0.3, 0.4) is 0 Å². The third kappa shape index (κ3) is 3.75. The first-order valence-electron chi connectivity index (χ1n) is 8.43. The van der Waals surface area contributed by atoms with Crippen LogP contribution in [0.15, 0.2) is 58.7 Å². The number of ether oxygens (including phenoxy) is 1. The normalized spacial score (nSPS) is 10.8. The van der Waals surface area contributed by atoms with Gasteiger partial charge in [-0.1, -0.05) is 29.5 Å². The Hall–Kier alpha value is -3.86. The van der Waals surface area contributed by atoms with Crippen molar-refractivity contribution in [3.63, 3.8) is 0 Å². The van der Waals surface area contributed by atoms with Crippen molar-refractivity contribution in [1.82, 2.24) is 24.8 Å². The molecule has 11 heteroatoms. The van der Waals surface area contributed by atoms with Gasteiger partial charge in [0.25, 0.3) is 10.9 Å². The molecule has 0 saturated carbocycles. The van der Waals surface area contributed by atoms with Crippen LogP contribution in [0.25, 0.3) is 16.9 Å². The average Bonchev–Trinajstić information content (AvgIpc) is 3.34. The van der Waals surface area contributed by atoms with Gasteiger partial charge in [0.2, 0.25) is 0 Å². The fourth-order valence-electron chi connectivity index (χ4n) is 2.65. The Morgan fingerprint density at radius 2 is 1.90 bits per heavy atom. The second kappa shape index (κ2) is 7.64. The lowest BCUT2D eigenvalue weighted by molar-refractivity contribution is -0.384. The van der Waals surface area contributed by atoms with Crippen molar-refractivity contribution in [2.24, 2.45) is 7.05 Å². The summed E-state index contributed by atoms with van der Waals surface area (Å²) in [5.41, 5.74) is 2.43.